The molecule has 0 aliphatic rings. The maximum atomic E-state index is 9.87. The molecule has 2 N–H and O–H groups in total. The van der Waals surface area contributed by atoms with E-state index in [0.29, 0.717) is 24.4 Å². The molecule has 66 valence electrons. The fraction of sp³-hybridized carbons (Fsp3) is 0.500. The van der Waals surface area contributed by atoms with Crippen LogP contribution in [0.2, 0.25) is 0 Å². The van der Waals surface area contributed by atoms with Crippen LogP contribution in [0.1, 0.15) is 10.0 Å². The predicted octanol–water partition coefficient (Wildman–Crippen LogP) is -0.681. The van der Waals surface area contributed by atoms with E-state index >= 15 is 0 Å². The Labute approximate surface area is 73.4 Å². The molecule has 1 aromatic rings. The third kappa shape index (κ3) is 2.55. The summed E-state index contributed by atoms with van der Waals surface area (Å²) in [5.74, 6) is 0. The van der Waals surface area contributed by atoms with Crippen molar-refractivity contribution in [2.45, 2.75) is 13.0 Å². The number of carbonyl (C=O) groups excluding carboxylic acids is 1. The maximum Gasteiger partial charge on any atom is 0.207 e. The van der Waals surface area contributed by atoms with E-state index in [-0.39, 0.29) is 6.61 Å². The number of aromatic nitrogens is 2. The van der Waals surface area contributed by atoms with Crippen LogP contribution in [-0.2, 0) is 17.8 Å². The number of hydrogen-bond donors (Lipinski definition) is 2. The molecular formula is C6H9N3O2S. The molecule has 12 heavy (non-hydrogen) atoms. The molecule has 0 aliphatic heterocycles. The summed E-state index contributed by atoms with van der Waals surface area (Å²) in [4.78, 5) is 9.87. The summed E-state index contributed by atoms with van der Waals surface area (Å²) in [6, 6.07) is 0. The summed E-state index contributed by atoms with van der Waals surface area (Å²) in [5, 5.41) is 20.1. The molecule has 0 radical (unpaired) electrons. The highest BCUT2D eigenvalue weighted by molar-refractivity contribution is 7.11. The van der Waals surface area contributed by atoms with E-state index in [9.17, 15) is 4.79 Å². The van der Waals surface area contributed by atoms with Gasteiger partial charge in [-0.3, -0.25) is 4.79 Å². The van der Waals surface area contributed by atoms with Crippen molar-refractivity contribution in [2.24, 2.45) is 0 Å². The van der Waals surface area contributed by atoms with Gasteiger partial charge in [-0.25, -0.2) is 0 Å². The molecule has 0 aliphatic carbocycles. The lowest BCUT2D eigenvalue weighted by Crippen LogP contribution is -2.14. The quantitative estimate of drug-likeness (QED) is 0.473. The van der Waals surface area contributed by atoms with Crippen LogP contribution in [-0.4, -0.2) is 28.3 Å². The normalized spacial score (nSPS) is 9.75. The van der Waals surface area contributed by atoms with Crippen LogP contribution in [0, 0.1) is 0 Å². The lowest BCUT2D eigenvalue weighted by molar-refractivity contribution is -0.109. The van der Waals surface area contributed by atoms with Crippen LogP contribution in [0.25, 0.3) is 0 Å². The monoisotopic (exact) mass is 187 g/mol. The highest BCUT2D eigenvalue weighted by Crippen LogP contribution is 2.08. The zero-order valence-electron chi connectivity index (χ0n) is 6.36. The van der Waals surface area contributed by atoms with E-state index in [4.69, 9.17) is 5.11 Å². The molecule has 0 fully saturated rings. The lowest BCUT2D eigenvalue weighted by atomic mass is 10.4. The fourth-order valence-electron chi connectivity index (χ4n) is 0.691. The lowest BCUT2D eigenvalue weighted by Gasteiger charge is -1.91. The van der Waals surface area contributed by atoms with Gasteiger partial charge < -0.3 is 10.4 Å². The summed E-state index contributed by atoms with van der Waals surface area (Å²) in [5.41, 5.74) is 0. The van der Waals surface area contributed by atoms with Crippen molar-refractivity contribution < 1.29 is 9.90 Å². The Morgan fingerprint density at radius 1 is 1.50 bits per heavy atom. The van der Waals surface area contributed by atoms with E-state index in [1.165, 1.54) is 11.3 Å². The van der Waals surface area contributed by atoms with Crippen molar-refractivity contribution >= 4 is 17.7 Å². The fourth-order valence-corrected chi connectivity index (χ4v) is 1.40. The van der Waals surface area contributed by atoms with Crippen LogP contribution in [0.4, 0.5) is 0 Å². The number of amides is 1. The van der Waals surface area contributed by atoms with Gasteiger partial charge in [0, 0.05) is 13.0 Å². The highest BCUT2D eigenvalue weighted by atomic mass is 32.1. The SMILES string of the molecule is O=CNCCc1nnc(CO)s1. The van der Waals surface area contributed by atoms with Crippen LogP contribution in [0.15, 0.2) is 0 Å². The van der Waals surface area contributed by atoms with Gasteiger partial charge in [0.15, 0.2) is 0 Å². The Kier molecular flexibility index (Phi) is 3.62. The predicted molar refractivity (Wildman–Crippen MR) is 43.6 cm³/mol. The second-order valence-corrected chi connectivity index (χ2v) is 3.22. The molecule has 0 aromatic carbocycles. The van der Waals surface area contributed by atoms with Crippen molar-refractivity contribution in [3.8, 4) is 0 Å². The first-order chi connectivity index (χ1) is 5.86. The molecule has 0 saturated carbocycles. The van der Waals surface area contributed by atoms with Crippen molar-refractivity contribution in [1.29, 1.82) is 0 Å². The number of nitrogens with one attached hydrogen (secondary N) is 1. The molecule has 0 bridgehead atoms. The minimum Gasteiger partial charge on any atom is -0.389 e. The minimum atomic E-state index is -0.0707. The summed E-state index contributed by atoms with van der Waals surface area (Å²) in [6.45, 7) is 0.488. The molecule has 1 heterocycles. The van der Waals surface area contributed by atoms with Crippen LogP contribution in [0.3, 0.4) is 0 Å². The average molecular weight is 187 g/mol. The van der Waals surface area contributed by atoms with Crippen molar-refractivity contribution in [3.05, 3.63) is 10.0 Å². The highest BCUT2D eigenvalue weighted by Gasteiger charge is 2.01. The first-order valence-corrected chi connectivity index (χ1v) is 4.27. The Morgan fingerprint density at radius 3 is 2.83 bits per heavy atom. The van der Waals surface area contributed by atoms with Gasteiger partial charge in [-0.05, 0) is 0 Å². The number of aliphatic hydroxyl groups excluding tert-OH is 1. The van der Waals surface area contributed by atoms with Gasteiger partial charge >= 0.3 is 0 Å². The topological polar surface area (TPSA) is 75.1 Å². The number of aliphatic hydroxyl groups is 1. The summed E-state index contributed by atoms with van der Waals surface area (Å²) >= 11 is 1.36. The Hall–Kier alpha value is -1.01. The first kappa shape index (κ1) is 9.08. The van der Waals surface area contributed by atoms with Crippen LogP contribution < -0.4 is 5.32 Å². The maximum absolute atomic E-state index is 9.87. The number of carbonyl (C=O) groups is 1. The number of nitrogens with zero attached hydrogens (tertiary/aromatic N) is 2. The zero-order valence-corrected chi connectivity index (χ0v) is 7.17. The van der Waals surface area contributed by atoms with E-state index in [2.05, 4.69) is 15.5 Å². The number of hydrogen-bond acceptors (Lipinski definition) is 5. The van der Waals surface area contributed by atoms with E-state index < -0.39 is 0 Å². The third-order valence-corrected chi connectivity index (χ3v) is 2.18. The van der Waals surface area contributed by atoms with Gasteiger partial charge in [0.2, 0.25) is 6.41 Å². The summed E-state index contributed by atoms with van der Waals surface area (Å²) in [7, 11) is 0. The van der Waals surface area contributed by atoms with Gasteiger partial charge in [0.05, 0.1) is 6.61 Å². The van der Waals surface area contributed by atoms with E-state index in [1.54, 1.807) is 0 Å². The zero-order chi connectivity index (χ0) is 8.81. The minimum absolute atomic E-state index is 0.0707. The Balaban J connectivity index is 2.36. The smallest absolute Gasteiger partial charge is 0.207 e. The van der Waals surface area contributed by atoms with Gasteiger partial charge in [0.1, 0.15) is 10.0 Å². The molecule has 0 atom stereocenters. The Bertz CT molecular complexity index is 251. The summed E-state index contributed by atoms with van der Waals surface area (Å²) in [6.07, 6.45) is 1.31. The van der Waals surface area contributed by atoms with Gasteiger partial charge in [-0.2, -0.15) is 0 Å². The van der Waals surface area contributed by atoms with E-state index in [1.807, 2.05) is 0 Å². The molecule has 0 unspecified atom stereocenters. The van der Waals surface area contributed by atoms with Crippen LogP contribution >= 0.6 is 11.3 Å². The van der Waals surface area contributed by atoms with Gasteiger partial charge in [0.25, 0.3) is 0 Å². The molecule has 0 spiro atoms. The molecule has 5 nitrogen and oxygen atoms in total. The number of rotatable bonds is 5. The average Bonchev–Trinajstić information content (AvgIpc) is 2.53. The Morgan fingerprint density at radius 2 is 2.25 bits per heavy atom. The van der Waals surface area contributed by atoms with Crippen molar-refractivity contribution in [3.63, 3.8) is 0 Å². The molecule has 1 aromatic heterocycles. The summed E-state index contributed by atoms with van der Waals surface area (Å²) < 4.78 is 0. The van der Waals surface area contributed by atoms with Crippen molar-refractivity contribution in [2.75, 3.05) is 6.54 Å². The largest absolute Gasteiger partial charge is 0.389 e. The molecule has 1 amide bonds. The first-order valence-electron chi connectivity index (χ1n) is 3.46. The van der Waals surface area contributed by atoms with E-state index in [0.717, 1.165) is 5.01 Å². The standard InChI is InChI=1S/C6H9N3O2S/c10-3-6-9-8-5(12-6)1-2-7-4-11/h4,10H,1-3H2,(H,7,11). The molecular weight excluding hydrogens is 178 g/mol. The molecule has 6 heteroatoms. The van der Waals surface area contributed by atoms with Crippen LogP contribution in [0.5, 0.6) is 0 Å². The third-order valence-electron chi connectivity index (χ3n) is 1.21. The van der Waals surface area contributed by atoms with Gasteiger partial charge in [-0.15, -0.1) is 10.2 Å². The second kappa shape index (κ2) is 4.78. The van der Waals surface area contributed by atoms with Crippen molar-refractivity contribution in [1.82, 2.24) is 15.5 Å². The van der Waals surface area contributed by atoms with Gasteiger partial charge in [-0.1, -0.05) is 11.3 Å². The second-order valence-electron chi connectivity index (χ2n) is 2.07. The molecule has 1 rings (SSSR count). The molecule has 0 saturated heterocycles.